The number of primary amides is 1. The Hall–Kier alpha value is -3.72. The van der Waals surface area contributed by atoms with Crippen molar-refractivity contribution in [3.8, 4) is 16.9 Å². The predicted octanol–water partition coefficient (Wildman–Crippen LogP) is 3.19. The number of rotatable bonds is 6. The van der Waals surface area contributed by atoms with Gasteiger partial charge in [0, 0.05) is 24.1 Å². The molecule has 0 bridgehead atoms. The highest BCUT2D eigenvalue weighted by atomic mass is 35.5. The van der Waals surface area contributed by atoms with E-state index in [1.165, 1.54) is 36.4 Å². The monoisotopic (exact) mass is 501 g/mol. The number of benzene rings is 1. The Morgan fingerprint density at radius 3 is 2.54 bits per heavy atom. The second kappa shape index (κ2) is 9.87. The highest BCUT2D eigenvalue weighted by Gasteiger charge is 2.40. The molecule has 1 saturated heterocycles. The van der Waals surface area contributed by atoms with Crippen LogP contribution in [-0.2, 0) is 22.6 Å². The topological polar surface area (TPSA) is 113 Å². The van der Waals surface area contributed by atoms with E-state index < -0.39 is 35.8 Å². The van der Waals surface area contributed by atoms with Crippen LogP contribution in [0.2, 0.25) is 5.02 Å². The lowest BCUT2D eigenvalue weighted by atomic mass is 10.1. The zero-order chi connectivity index (χ0) is 25.3. The summed E-state index contributed by atoms with van der Waals surface area (Å²) >= 11 is 5.76. The van der Waals surface area contributed by atoms with Crippen LogP contribution in [0.1, 0.15) is 27.9 Å². The summed E-state index contributed by atoms with van der Waals surface area (Å²) in [7, 11) is 0. The van der Waals surface area contributed by atoms with E-state index in [0.29, 0.717) is 16.7 Å². The van der Waals surface area contributed by atoms with Crippen LogP contribution in [0.3, 0.4) is 0 Å². The fraction of sp³-hybridized carbons (Fsp3) is 0.240. The molecule has 35 heavy (non-hydrogen) atoms. The SMILES string of the molecule is NC(=O)c1cc(CC(=O)N2C[C@H](F)C[C@H]2C(=O)NCc2cccc(Cl)c2F)c2ccc(O)ccc1-2. The number of hydrogen-bond acceptors (Lipinski definition) is 4. The Morgan fingerprint density at radius 2 is 1.83 bits per heavy atom. The first-order valence-electron chi connectivity index (χ1n) is 10.8. The number of carbonyl (C=O) groups excluding carboxylic acids is 3. The van der Waals surface area contributed by atoms with Crippen molar-refractivity contribution in [2.24, 2.45) is 5.73 Å². The number of aromatic hydroxyl groups is 1. The summed E-state index contributed by atoms with van der Waals surface area (Å²) < 4.78 is 28.4. The van der Waals surface area contributed by atoms with E-state index in [4.69, 9.17) is 17.3 Å². The number of alkyl halides is 1. The van der Waals surface area contributed by atoms with Crippen LogP contribution in [0, 0.1) is 5.82 Å². The molecule has 2 aliphatic carbocycles. The minimum absolute atomic E-state index is 0.0402. The van der Waals surface area contributed by atoms with Crippen molar-refractivity contribution in [1.82, 2.24) is 10.2 Å². The zero-order valence-corrected chi connectivity index (χ0v) is 19.2. The fourth-order valence-electron chi connectivity index (χ4n) is 4.33. The maximum atomic E-state index is 14.3. The van der Waals surface area contributed by atoms with Gasteiger partial charge in [-0.2, -0.15) is 0 Å². The van der Waals surface area contributed by atoms with Gasteiger partial charge in [-0.05, 0) is 47.0 Å². The molecule has 1 aromatic rings. The van der Waals surface area contributed by atoms with Crippen molar-refractivity contribution in [2.75, 3.05) is 6.54 Å². The summed E-state index contributed by atoms with van der Waals surface area (Å²) in [5.74, 6) is -2.53. The number of nitrogens with zero attached hydrogens (tertiary/aromatic N) is 1. The Bertz CT molecular complexity index is 1290. The molecule has 0 spiro atoms. The van der Waals surface area contributed by atoms with Gasteiger partial charge in [0.2, 0.25) is 17.7 Å². The molecule has 0 aromatic heterocycles. The molecule has 2 atom stereocenters. The quantitative estimate of drug-likeness (QED) is 0.481. The molecule has 1 aromatic carbocycles. The molecule has 3 amide bonds. The van der Waals surface area contributed by atoms with Gasteiger partial charge in [-0.1, -0.05) is 29.8 Å². The van der Waals surface area contributed by atoms with Crippen molar-refractivity contribution >= 4 is 29.3 Å². The van der Waals surface area contributed by atoms with Gasteiger partial charge in [-0.25, -0.2) is 8.78 Å². The minimum Gasteiger partial charge on any atom is -0.508 e. The van der Waals surface area contributed by atoms with Crippen LogP contribution < -0.4 is 11.1 Å². The van der Waals surface area contributed by atoms with E-state index in [1.807, 2.05) is 0 Å². The Morgan fingerprint density at radius 1 is 1.11 bits per heavy atom. The second-order valence-electron chi connectivity index (χ2n) is 8.37. The van der Waals surface area contributed by atoms with E-state index >= 15 is 0 Å². The van der Waals surface area contributed by atoms with E-state index in [1.54, 1.807) is 12.1 Å². The number of likely N-dealkylation sites (tertiary alicyclic amines) is 1. The van der Waals surface area contributed by atoms with Gasteiger partial charge in [0.15, 0.2) is 0 Å². The van der Waals surface area contributed by atoms with Crippen molar-refractivity contribution in [3.05, 3.63) is 76.1 Å². The van der Waals surface area contributed by atoms with Gasteiger partial charge in [-0.3, -0.25) is 14.4 Å². The van der Waals surface area contributed by atoms with Crippen LogP contribution in [-0.4, -0.2) is 46.5 Å². The van der Waals surface area contributed by atoms with Crippen molar-refractivity contribution in [2.45, 2.75) is 31.6 Å². The number of carbonyl (C=O) groups is 3. The van der Waals surface area contributed by atoms with Crippen LogP contribution >= 0.6 is 11.6 Å². The summed E-state index contributed by atoms with van der Waals surface area (Å²) in [6, 6.07) is 10.7. The Balaban J connectivity index is 1.53. The molecule has 0 unspecified atom stereocenters. The first-order chi connectivity index (χ1) is 16.7. The molecular weight excluding hydrogens is 480 g/mol. The van der Waals surface area contributed by atoms with Gasteiger partial charge in [0.25, 0.3) is 0 Å². The van der Waals surface area contributed by atoms with Crippen LogP contribution in [0.4, 0.5) is 8.78 Å². The largest absolute Gasteiger partial charge is 0.508 e. The third kappa shape index (κ3) is 5.05. The molecule has 4 rings (SSSR count). The Labute approximate surface area is 204 Å². The van der Waals surface area contributed by atoms with Gasteiger partial charge in [0.1, 0.15) is 23.8 Å². The van der Waals surface area contributed by atoms with Crippen LogP contribution in [0.15, 0.2) is 48.5 Å². The number of hydrogen-bond donors (Lipinski definition) is 3. The third-order valence-electron chi connectivity index (χ3n) is 6.05. The molecule has 1 heterocycles. The van der Waals surface area contributed by atoms with Gasteiger partial charge in [0.05, 0.1) is 18.0 Å². The lowest BCUT2D eigenvalue weighted by molar-refractivity contribution is -0.138. The molecule has 0 radical (unpaired) electrons. The van der Waals surface area contributed by atoms with Gasteiger partial charge < -0.3 is 21.1 Å². The summed E-state index contributed by atoms with van der Waals surface area (Å²) in [5, 5.41) is 12.2. The molecule has 3 aliphatic rings. The average Bonchev–Trinajstić information content (AvgIpc) is 3.31. The van der Waals surface area contributed by atoms with Crippen LogP contribution in [0.5, 0.6) is 5.75 Å². The maximum Gasteiger partial charge on any atom is 0.249 e. The highest BCUT2D eigenvalue weighted by molar-refractivity contribution is 6.30. The smallest absolute Gasteiger partial charge is 0.249 e. The molecule has 1 fully saturated rings. The standard InChI is InChI=1S/C25H22ClF2N3O4/c26-20-3-1-2-13(23(20)28)11-30-25(35)21-10-15(27)12-31(21)22(33)9-14-8-19(24(29)34)18-7-5-16(32)4-6-17(14)18/h1-8,15,21,32H,9-12H2,(H2,29,34)(H,30,35)/t15-,21+/m1/s1. The molecule has 4 N–H and O–H groups in total. The van der Waals surface area contributed by atoms with Crippen molar-refractivity contribution in [3.63, 3.8) is 0 Å². The summed E-state index contributed by atoms with van der Waals surface area (Å²) in [6.07, 6.45) is -1.80. The first-order valence-corrected chi connectivity index (χ1v) is 11.2. The van der Waals surface area contributed by atoms with Crippen LogP contribution in [0.25, 0.3) is 11.1 Å². The lowest BCUT2D eigenvalue weighted by Gasteiger charge is -2.24. The number of halogens is 3. The van der Waals surface area contributed by atoms with Crippen molar-refractivity contribution in [1.29, 1.82) is 0 Å². The van der Waals surface area contributed by atoms with E-state index in [9.17, 15) is 28.3 Å². The summed E-state index contributed by atoms with van der Waals surface area (Å²) in [6.45, 7) is -0.436. The third-order valence-corrected chi connectivity index (χ3v) is 6.34. The first kappa shape index (κ1) is 24.4. The fourth-order valence-corrected chi connectivity index (χ4v) is 4.52. The molecular formula is C25H22ClF2N3O4. The average molecular weight is 502 g/mol. The zero-order valence-electron chi connectivity index (χ0n) is 18.4. The summed E-state index contributed by atoms with van der Waals surface area (Å²) in [4.78, 5) is 39.0. The van der Waals surface area contributed by atoms with Gasteiger partial charge in [-0.15, -0.1) is 0 Å². The van der Waals surface area contributed by atoms with E-state index in [-0.39, 0.29) is 47.8 Å². The highest BCUT2D eigenvalue weighted by Crippen LogP contribution is 2.34. The van der Waals surface area contributed by atoms with Gasteiger partial charge >= 0.3 is 0 Å². The molecule has 7 nitrogen and oxygen atoms in total. The number of nitrogens with one attached hydrogen (secondary N) is 1. The molecule has 1 aliphatic heterocycles. The number of fused-ring (bicyclic) bond motifs is 1. The normalized spacial score (nSPS) is 17.5. The second-order valence-corrected chi connectivity index (χ2v) is 8.78. The van der Waals surface area contributed by atoms with E-state index in [0.717, 1.165) is 4.90 Å². The minimum atomic E-state index is -1.40. The maximum absolute atomic E-state index is 14.3. The number of nitrogens with two attached hydrogens (primary N) is 1. The van der Waals surface area contributed by atoms with Crippen molar-refractivity contribution < 1.29 is 28.3 Å². The Kier molecular flexibility index (Phi) is 6.88. The predicted molar refractivity (Wildman–Crippen MR) is 125 cm³/mol. The molecule has 0 saturated carbocycles. The summed E-state index contributed by atoms with van der Waals surface area (Å²) in [5.41, 5.74) is 7.26. The lowest BCUT2D eigenvalue weighted by Crippen LogP contribution is -2.46. The molecule has 10 heteroatoms. The number of amides is 3. The molecule has 182 valence electrons. The van der Waals surface area contributed by atoms with E-state index in [2.05, 4.69) is 5.32 Å².